The molecule has 1 aliphatic heterocycles. The molecule has 38 heavy (non-hydrogen) atoms. The van der Waals surface area contributed by atoms with Crippen molar-refractivity contribution in [1.29, 1.82) is 0 Å². The fourth-order valence-corrected chi connectivity index (χ4v) is 5.16. The predicted molar refractivity (Wildman–Crippen MR) is 150 cm³/mol. The molecule has 3 aromatic carbocycles. The summed E-state index contributed by atoms with van der Waals surface area (Å²) in [7, 11) is 1.61. The van der Waals surface area contributed by atoms with E-state index in [9.17, 15) is 4.79 Å². The lowest BCUT2D eigenvalue weighted by Gasteiger charge is -2.35. The monoisotopic (exact) mass is 503 g/mol. The minimum absolute atomic E-state index is 0.0203. The van der Waals surface area contributed by atoms with Gasteiger partial charge in [0.25, 0.3) is 5.91 Å². The van der Waals surface area contributed by atoms with Crippen LogP contribution < -0.4 is 9.64 Å². The second kappa shape index (κ2) is 10.0. The summed E-state index contributed by atoms with van der Waals surface area (Å²) in [5, 5.41) is 1.02. The molecule has 1 fully saturated rings. The van der Waals surface area contributed by atoms with Gasteiger partial charge in [-0.3, -0.25) is 4.79 Å². The lowest BCUT2D eigenvalue weighted by Crippen LogP contribution is -2.49. The molecule has 7 heteroatoms. The van der Waals surface area contributed by atoms with Crippen molar-refractivity contribution in [3.05, 3.63) is 103 Å². The van der Waals surface area contributed by atoms with Gasteiger partial charge < -0.3 is 19.1 Å². The van der Waals surface area contributed by atoms with E-state index >= 15 is 0 Å². The zero-order valence-electron chi connectivity index (χ0n) is 21.5. The van der Waals surface area contributed by atoms with Crippen molar-refractivity contribution in [2.45, 2.75) is 6.92 Å². The molecule has 7 nitrogen and oxygen atoms in total. The van der Waals surface area contributed by atoms with E-state index in [2.05, 4.69) is 71.1 Å². The molecule has 6 rings (SSSR count). The standard InChI is InChI=1S/C31H29N5O2/c1-22-8-6-12-25(18-22)36-20-27(23-9-4-3-5-10-23)28-29(32-21-33-30(28)36)34-14-16-35(17-15-34)31(37)24-11-7-13-26(19-24)38-2/h3-13,18-21H,14-17H2,1-2H3. The molecule has 0 unspecified atom stereocenters. The molecule has 0 spiro atoms. The average molecular weight is 504 g/mol. The van der Waals surface area contributed by atoms with Gasteiger partial charge in [0.1, 0.15) is 17.9 Å². The summed E-state index contributed by atoms with van der Waals surface area (Å²) < 4.78 is 7.45. The van der Waals surface area contributed by atoms with Crippen LogP contribution in [0.25, 0.3) is 27.8 Å². The summed E-state index contributed by atoms with van der Waals surface area (Å²) in [5.41, 5.74) is 5.98. The molecule has 0 aliphatic carbocycles. The zero-order valence-corrected chi connectivity index (χ0v) is 21.5. The maximum Gasteiger partial charge on any atom is 0.254 e. The fraction of sp³-hybridized carbons (Fsp3) is 0.194. The Morgan fingerprint density at radius 1 is 0.868 bits per heavy atom. The first kappa shape index (κ1) is 23.7. The Balaban J connectivity index is 1.36. The number of benzene rings is 3. The first-order valence-electron chi connectivity index (χ1n) is 12.8. The van der Waals surface area contributed by atoms with Crippen LogP contribution in [0.2, 0.25) is 0 Å². The van der Waals surface area contributed by atoms with Crippen LogP contribution in [0.5, 0.6) is 5.75 Å². The smallest absolute Gasteiger partial charge is 0.254 e. The minimum Gasteiger partial charge on any atom is -0.497 e. The van der Waals surface area contributed by atoms with Gasteiger partial charge in [0.2, 0.25) is 0 Å². The Morgan fingerprint density at radius 3 is 2.42 bits per heavy atom. The first-order chi connectivity index (χ1) is 18.6. The van der Waals surface area contributed by atoms with Crippen LogP contribution in [0.3, 0.4) is 0 Å². The number of fused-ring (bicyclic) bond motifs is 1. The van der Waals surface area contributed by atoms with Gasteiger partial charge >= 0.3 is 0 Å². The number of rotatable bonds is 5. The number of carbonyl (C=O) groups is 1. The molecular weight excluding hydrogens is 474 g/mol. The Labute approximate surface area is 221 Å². The van der Waals surface area contributed by atoms with Gasteiger partial charge in [-0.15, -0.1) is 0 Å². The molecule has 1 aliphatic rings. The maximum atomic E-state index is 13.2. The maximum absolute atomic E-state index is 13.2. The fourth-order valence-electron chi connectivity index (χ4n) is 5.16. The molecule has 2 aromatic heterocycles. The van der Waals surface area contributed by atoms with Gasteiger partial charge in [-0.1, -0.05) is 48.5 Å². The molecule has 0 bridgehead atoms. The minimum atomic E-state index is 0.0203. The van der Waals surface area contributed by atoms with E-state index in [1.54, 1.807) is 19.5 Å². The number of nitrogens with zero attached hydrogens (tertiary/aromatic N) is 5. The van der Waals surface area contributed by atoms with Crippen LogP contribution >= 0.6 is 0 Å². The Morgan fingerprint density at radius 2 is 1.66 bits per heavy atom. The lowest BCUT2D eigenvalue weighted by atomic mass is 10.1. The predicted octanol–water partition coefficient (Wildman–Crippen LogP) is 5.37. The molecule has 5 aromatic rings. The van der Waals surface area contributed by atoms with Crippen LogP contribution in [-0.4, -0.2) is 58.6 Å². The van der Waals surface area contributed by atoms with Crippen LogP contribution in [0.4, 0.5) is 5.82 Å². The number of aromatic nitrogens is 3. The highest BCUT2D eigenvalue weighted by Gasteiger charge is 2.26. The number of anilines is 1. The second-order valence-corrected chi connectivity index (χ2v) is 9.52. The second-order valence-electron chi connectivity index (χ2n) is 9.52. The Kier molecular flexibility index (Phi) is 6.25. The number of piperazine rings is 1. The third kappa shape index (κ3) is 4.36. The van der Waals surface area contributed by atoms with E-state index in [1.807, 2.05) is 29.2 Å². The molecule has 0 saturated carbocycles. The summed E-state index contributed by atoms with van der Waals surface area (Å²) in [5.74, 6) is 1.60. The van der Waals surface area contributed by atoms with E-state index in [4.69, 9.17) is 14.7 Å². The van der Waals surface area contributed by atoms with E-state index < -0.39 is 0 Å². The number of amides is 1. The van der Waals surface area contributed by atoms with Crippen molar-refractivity contribution in [3.63, 3.8) is 0 Å². The largest absolute Gasteiger partial charge is 0.497 e. The van der Waals surface area contributed by atoms with Crippen molar-refractivity contribution in [3.8, 4) is 22.6 Å². The molecule has 190 valence electrons. The number of ether oxygens (including phenoxy) is 1. The van der Waals surface area contributed by atoms with Crippen LogP contribution in [0, 0.1) is 6.92 Å². The average Bonchev–Trinajstić information content (AvgIpc) is 3.37. The topological polar surface area (TPSA) is 63.5 Å². The summed E-state index contributed by atoms with van der Waals surface area (Å²) in [6, 6.07) is 26.1. The van der Waals surface area contributed by atoms with Crippen LogP contribution in [0.15, 0.2) is 91.4 Å². The third-order valence-electron chi connectivity index (χ3n) is 7.11. The van der Waals surface area contributed by atoms with E-state index in [0.717, 1.165) is 33.7 Å². The number of aryl methyl sites for hydroxylation is 1. The van der Waals surface area contributed by atoms with Crippen molar-refractivity contribution >= 4 is 22.8 Å². The number of carbonyl (C=O) groups excluding carboxylic acids is 1. The van der Waals surface area contributed by atoms with Crippen molar-refractivity contribution < 1.29 is 9.53 Å². The van der Waals surface area contributed by atoms with Crippen molar-refractivity contribution in [2.75, 3.05) is 38.2 Å². The molecule has 3 heterocycles. The molecule has 0 radical (unpaired) electrons. The molecule has 1 saturated heterocycles. The van der Waals surface area contributed by atoms with E-state index in [1.165, 1.54) is 5.56 Å². The number of hydrogen-bond acceptors (Lipinski definition) is 5. The van der Waals surface area contributed by atoms with Crippen LogP contribution in [0.1, 0.15) is 15.9 Å². The van der Waals surface area contributed by atoms with Gasteiger partial charge in [0.15, 0.2) is 5.65 Å². The molecule has 0 N–H and O–H groups in total. The Bertz CT molecular complexity index is 1600. The van der Waals surface area contributed by atoms with Gasteiger partial charge in [-0.2, -0.15) is 0 Å². The van der Waals surface area contributed by atoms with E-state index in [-0.39, 0.29) is 5.91 Å². The SMILES string of the molecule is COc1cccc(C(=O)N2CCN(c3ncnc4c3c(-c3ccccc3)cn4-c3cccc(C)c3)CC2)c1. The lowest BCUT2D eigenvalue weighted by molar-refractivity contribution is 0.0746. The Hall–Kier alpha value is -4.65. The molecular formula is C31H29N5O2. The van der Waals surface area contributed by atoms with Crippen molar-refractivity contribution in [1.82, 2.24) is 19.4 Å². The first-order valence-corrected chi connectivity index (χ1v) is 12.8. The zero-order chi connectivity index (χ0) is 26.1. The highest BCUT2D eigenvalue weighted by molar-refractivity contribution is 6.02. The normalized spacial score (nSPS) is 13.6. The van der Waals surface area contributed by atoms with Gasteiger partial charge in [-0.25, -0.2) is 9.97 Å². The number of methoxy groups -OCH3 is 1. The highest BCUT2D eigenvalue weighted by Crippen LogP contribution is 2.37. The van der Waals surface area contributed by atoms with Crippen LogP contribution in [-0.2, 0) is 0 Å². The quantitative estimate of drug-likeness (QED) is 0.323. The summed E-state index contributed by atoms with van der Waals surface area (Å²) in [4.78, 5) is 26.9. The van der Waals surface area contributed by atoms with Crippen molar-refractivity contribution in [2.24, 2.45) is 0 Å². The van der Waals surface area contributed by atoms with Gasteiger partial charge in [0, 0.05) is 49.2 Å². The summed E-state index contributed by atoms with van der Waals surface area (Å²) in [6.45, 7) is 4.69. The van der Waals surface area contributed by atoms with E-state index in [0.29, 0.717) is 37.5 Å². The molecule has 1 amide bonds. The molecule has 0 atom stereocenters. The number of hydrogen-bond donors (Lipinski definition) is 0. The highest BCUT2D eigenvalue weighted by atomic mass is 16.5. The third-order valence-corrected chi connectivity index (χ3v) is 7.11. The van der Waals surface area contributed by atoms with Gasteiger partial charge in [0.05, 0.1) is 12.5 Å². The summed E-state index contributed by atoms with van der Waals surface area (Å²) in [6.07, 6.45) is 3.81. The summed E-state index contributed by atoms with van der Waals surface area (Å²) >= 11 is 0. The van der Waals surface area contributed by atoms with Gasteiger partial charge in [-0.05, 0) is 48.4 Å².